The van der Waals surface area contributed by atoms with Crippen LogP contribution < -0.4 is 0 Å². The smallest absolute Gasteiger partial charge is 0.00201 e. The first-order chi connectivity index (χ1) is 26.8. The summed E-state index contributed by atoms with van der Waals surface area (Å²) in [6.07, 6.45) is 0. The predicted octanol–water partition coefficient (Wildman–Crippen LogP) is 15.1. The minimum atomic E-state index is 1.20. The molecule has 11 rings (SSSR count). The molecular weight excluding hydrogens is 649 g/mol. The topological polar surface area (TPSA) is 0 Å². The molecule has 0 amide bonds. The van der Waals surface area contributed by atoms with E-state index in [1.54, 1.807) is 0 Å². The van der Waals surface area contributed by atoms with Crippen LogP contribution in [-0.4, -0.2) is 0 Å². The van der Waals surface area contributed by atoms with Crippen molar-refractivity contribution in [2.45, 2.75) is 0 Å². The predicted molar refractivity (Wildman–Crippen MR) is 231 cm³/mol. The van der Waals surface area contributed by atoms with E-state index in [-0.39, 0.29) is 0 Å². The van der Waals surface area contributed by atoms with Crippen molar-refractivity contribution >= 4 is 32.3 Å². The van der Waals surface area contributed by atoms with Crippen LogP contribution in [0, 0.1) is 0 Å². The van der Waals surface area contributed by atoms with Gasteiger partial charge >= 0.3 is 0 Å². The second kappa shape index (κ2) is 12.3. The van der Waals surface area contributed by atoms with Gasteiger partial charge < -0.3 is 0 Å². The Bertz CT molecular complexity index is 3050. The quantitative estimate of drug-likeness (QED) is 0.169. The van der Waals surface area contributed by atoms with Gasteiger partial charge in [0.15, 0.2) is 0 Å². The van der Waals surface area contributed by atoms with Crippen molar-refractivity contribution in [3.63, 3.8) is 0 Å². The Morgan fingerprint density at radius 1 is 0.185 bits per heavy atom. The minimum absolute atomic E-state index is 1.20. The summed E-state index contributed by atoms with van der Waals surface area (Å²) >= 11 is 0. The molecule has 0 saturated heterocycles. The number of hydrogen-bond acceptors (Lipinski definition) is 0. The van der Waals surface area contributed by atoms with Gasteiger partial charge in [0, 0.05) is 0 Å². The molecule has 0 bridgehead atoms. The Hall–Kier alpha value is -7.02. The van der Waals surface area contributed by atoms with Crippen molar-refractivity contribution in [1.29, 1.82) is 0 Å². The zero-order valence-corrected chi connectivity index (χ0v) is 29.6. The highest BCUT2D eigenvalue weighted by molar-refractivity contribution is 6.19. The second-order valence-corrected chi connectivity index (χ2v) is 14.5. The van der Waals surface area contributed by atoms with E-state index >= 15 is 0 Å². The van der Waals surface area contributed by atoms with E-state index < -0.39 is 0 Å². The third-order valence-corrected chi connectivity index (χ3v) is 11.4. The molecule has 1 aliphatic rings. The van der Waals surface area contributed by atoms with Crippen LogP contribution >= 0.6 is 0 Å². The van der Waals surface area contributed by atoms with Crippen LogP contribution in [0.3, 0.4) is 0 Å². The molecule has 0 heterocycles. The van der Waals surface area contributed by atoms with Crippen LogP contribution in [0.2, 0.25) is 0 Å². The molecule has 0 N–H and O–H groups in total. The van der Waals surface area contributed by atoms with E-state index in [1.165, 1.54) is 110 Å². The van der Waals surface area contributed by atoms with Gasteiger partial charge in [-0.3, -0.25) is 0 Å². The van der Waals surface area contributed by atoms with Gasteiger partial charge in [0.25, 0.3) is 0 Å². The third kappa shape index (κ3) is 4.92. The summed E-state index contributed by atoms with van der Waals surface area (Å²) in [6, 6.07) is 76.2. The van der Waals surface area contributed by atoms with E-state index in [2.05, 4.69) is 206 Å². The van der Waals surface area contributed by atoms with E-state index in [4.69, 9.17) is 0 Å². The number of fused-ring (bicyclic) bond motifs is 5. The Kier molecular flexibility index (Phi) is 6.97. The molecule has 250 valence electrons. The second-order valence-electron chi connectivity index (χ2n) is 14.5. The van der Waals surface area contributed by atoms with Gasteiger partial charge in [0.05, 0.1) is 0 Å². The van der Waals surface area contributed by atoms with Crippen LogP contribution in [0.1, 0.15) is 0 Å². The van der Waals surface area contributed by atoms with Crippen LogP contribution in [0.15, 0.2) is 206 Å². The molecule has 0 aliphatic heterocycles. The third-order valence-electron chi connectivity index (χ3n) is 11.4. The molecule has 0 unspecified atom stereocenters. The average molecular weight is 683 g/mol. The number of rotatable bonds is 5. The van der Waals surface area contributed by atoms with Crippen LogP contribution in [0.25, 0.3) is 110 Å². The lowest BCUT2D eigenvalue weighted by Gasteiger charge is -2.18. The van der Waals surface area contributed by atoms with Gasteiger partial charge in [-0.15, -0.1) is 0 Å². The van der Waals surface area contributed by atoms with Gasteiger partial charge in [0.2, 0.25) is 0 Å². The van der Waals surface area contributed by atoms with Gasteiger partial charge in [-0.2, -0.15) is 0 Å². The molecule has 0 aromatic heterocycles. The average Bonchev–Trinajstić information content (AvgIpc) is 3.58. The van der Waals surface area contributed by atoms with E-state index in [1.807, 2.05) is 0 Å². The SMILES string of the molecule is c1ccc(-c2cc(-c3ccc4c5c(cccc35)-c3ccccc3-4)cc3c(-c4ccccc4)cc(-c4cccc(-c5ccc6ccccc6c5)c4)cc23)cc1. The zero-order valence-electron chi connectivity index (χ0n) is 29.6. The fourth-order valence-electron chi connectivity index (χ4n) is 8.80. The number of hydrogen-bond donors (Lipinski definition) is 0. The molecular formula is C54H34. The summed E-state index contributed by atoms with van der Waals surface area (Å²) in [6.45, 7) is 0. The van der Waals surface area contributed by atoms with Crippen molar-refractivity contribution in [3.8, 4) is 77.9 Å². The van der Waals surface area contributed by atoms with E-state index in [0.717, 1.165) is 0 Å². The summed E-state index contributed by atoms with van der Waals surface area (Å²) in [7, 11) is 0. The lowest BCUT2D eigenvalue weighted by atomic mass is 9.85. The van der Waals surface area contributed by atoms with Crippen molar-refractivity contribution in [2.75, 3.05) is 0 Å². The molecule has 0 fully saturated rings. The Morgan fingerprint density at radius 3 is 1.41 bits per heavy atom. The summed E-state index contributed by atoms with van der Waals surface area (Å²) in [4.78, 5) is 0. The summed E-state index contributed by atoms with van der Waals surface area (Å²) in [5.74, 6) is 0. The molecule has 1 aliphatic carbocycles. The zero-order chi connectivity index (χ0) is 35.6. The van der Waals surface area contributed by atoms with E-state index in [0.29, 0.717) is 0 Å². The van der Waals surface area contributed by atoms with Gasteiger partial charge in [0.1, 0.15) is 0 Å². The van der Waals surface area contributed by atoms with Crippen LogP contribution in [-0.2, 0) is 0 Å². The van der Waals surface area contributed by atoms with Crippen molar-refractivity contribution in [3.05, 3.63) is 206 Å². The number of benzene rings is 10. The first-order valence-electron chi connectivity index (χ1n) is 18.7. The highest BCUT2D eigenvalue weighted by Crippen LogP contribution is 2.50. The summed E-state index contributed by atoms with van der Waals surface area (Å²) in [5, 5.41) is 7.65. The van der Waals surface area contributed by atoms with Crippen molar-refractivity contribution < 1.29 is 0 Å². The highest BCUT2D eigenvalue weighted by Gasteiger charge is 2.23. The maximum Gasteiger partial charge on any atom is -0.00201 e. The fourth-order valence-corrected chi connectivity index (χ4v) is 8.80. The lowest BCUT2D eigenvalue weighted by Crippen LogP contribution is -1.92. The molecule has 10 aromatic carbocycles. The minimum Gasteiger partial charge on any atom is -0.0622 e. The standard InChI is InChI=1S/C54H34/c1-3-14-36(15-4-1)50-31-42(40-20-11-19-39(30-40)41-26-25-35-13-7-8-18-38(35)29-41)32-52-51(37-16-5-2-6-17-37)33-43(34-53(50)52)44-27-28-49-46-22-10-9-21-45(46)48-24-12-23-47(44)54(48)49/h1-34H. The maximum absolute atomic E-state index is 2.44. The van der Waals surface area contributed by atoms with Gasteiger partial charge in [-0.25, -0.2) is 0 Å². The lowest BCUT2D eigenvalue weighted by molar-refractivity contribution is 1.59. The Labute approximate surface area is 315 Å². The molecule has 0 spiro atoms. The van der Waals surface area contributed by atoms with Crippen LogP contribution in [0.5, 0.6) is 0 Å². The summed E-state index contributed by atoms with van der Waals surface area (Å²) in [5.41, 5.74) is 17.5. The Morgan fingerprint density at radius 2 is 0.685 bits per heavy atom. The molecule has 54 heavy (non-hydrogen) atoms. The monoisotopic (exact) mass is 682 g/mol. The highest BCUT2D eigenvalue weighted by atomic mass is 14.3. The van der Waals surface area contributed by atoms with Gasteiger partial charge in [-0.05, 0) is 147 Å². The molecule has 10 aromatic rings. The summed E-state index contributed by atoms with van der Waals surface area (Å²) < 4.78 is 0. The molecule has 0 atom stereocenters. The largest absolute Gasteiger partial charge is 0.0622 e. The van der Waals surface area contributed by atoms with Crippen LogP contribution in [0.4, 0.5) is 0 Å². The first kappa shape index (κ1) is 30.6. The molecule has 0 radical (unpaired) electrons. The molecule has 0 heteroatoms. The first-order valence-corrected chi connectivity index (χ1v) is 18.7. The maximum atomic E-state index is 2.44. The fraction of sp³-hybridized carbons (Fsp3) is 0. The Balaban J connectivity index is 1.16. The van der Waals surface area contributed by atoms with Crippen molar-refractivity contribution in [1.82, 2.24) is 0 Å². The van der Waals surface area contributed by atoms with Crippen molar-refractivity contribution in [2.24, 2.45) is 0 Å². The van der Waals surface area contributed by atoms with Gasteiger partial charge in [-0.1, -0.05) is 170 Å². The normalized spacial score (nSPS) is 11.7. The molecule has 0 nitrogen and oxygen atoms in total. The molecule has 0 saturated carbocycles. The van der Waals surface area contributed by atoms with E-state index in [9.17, 15) is 0 Å².